The van der Waals surface area contributed by atoms with Gasteiger partial charge in [-0.3, -0.25) is 0 Å². The molecular formula is C16H14F3N3O. The predicted molar refractivity (Wildman–Crippen MR) is 82.7 cm³/mol. The van der Waals surface area contributed by atoms with Crippen molar-refractivity contribution in [3.63, 3.8) is 0 Å². The highest BCUT2D eigenvalue weighted by molar-refractivity contribution is 6.00. The summed E-state index contributed by atoms with van der Waals surface area (Å²) in [6.45, 7) is 0.856. The van der Waals surface area contributed by atoms with Crippen molar-refractivity contribution < 1.29 is 18.0 Å². The average Bonchev–Trinajstić information content (AvgIpc) is 2.94. The van der Waals surface area contributed by atoms with E-state index in [9.17, 15) is 18.0 Å². The fourth-order valence-corrected chi connectivity index (χ4v) is 2.44. The van der Waals surface area contributed by atoms with Gasteiger partial charge in [-0.2, -0.15) is 13.2 Å². The number of urea groups is 1. The second-order valence-electron chi connectivity index (χ2n) is 5.21. The Bertz CT molecular complexity index is 744. The normalized spacial score (nSPS) is 13.2. The molecule has 0 fully saturated rings. The largest absolute Gasteiger partial charge is 0.416 e. The molecule has 0 aliphatic carbocycles. The molecule has 1 aliphatic rings. The summed E-state index contributed by atoms with van der Waals surface area (Å²) in [6.07, 6.45) is -3.51. The van der Waals surface area contributed by atoms with Crippen LogP contribution in [-0.2, 0) is 12.6 Å². The van der Waals surface area contributed by atoms with Gasteiger partial charge in [0.1, 0.15) is 0 Å². The molecule has 0 unspecified atom stereocenters. The summed E-state index contributed by atoms with van der Waals surface area (Å²) in [4.78, 5) is 11.9. The standard InChI is InChI=1S/C16H14F3N3O/c17-16(18,19)11-2-1-3-12(8-11)21-15(23)22-13-5-4-10-6-7-20-14(10)9-13/h1-5,8-9,20H,6-7H2,(H2,21,22,23). The van der Waals surface area contributed by atoms with Crippen molar-refractivity contribution in [2.24, 2.45) is 0 Å². The van der Waals surface area contributed by atoms with E-state index in [1.54, 1.807) is 12.1 Å². The van der Waals surface area contributed by atoms with Crippen molar-refractivity contribution in [3.8, 4) is 0 Å². The molecule has 0 atom stereocenters. The zero-order valence-corrected chi connectivity index (χ0v) is 12.0. The number of benzene rings is 2. The molecule has 0 bridgehead atoms. The van der Waals surface area contributed by atoms with Crippen molar-refractivity contribution in [1.29, 1.82) is 0 Å². The van der Waals surface area contributed by atoms with E-state index < -0.39 is 17.8 Å². The number of rotatable bonds is 2. The molecule has 0 radical (unpaired) electrons. The highest BCUT2D eigenvalue weighted by atomic mass is 19.4. The third-order valence-electron chi connectivity index (χ3n) is 3.53. The molecule has 1 aliphatic heterocycles. The number of alkyl halides is 3. The van der Waals surface area contributed by atoms with Crippen LogP contribution < -0.4 is 16.0 Å². The van der Waals surface area contributed by atoms with E-state index >= 15 is 0 Å². The van der Waals surface area contributed by atoms with Gasteiger partial charge in [-0.05, 0) is 42.3 Å². The Hall–Kier alpha value is -2.70. The first kappa shape index (κ1) is 15.2. The van der Waals surface area contributed by atoms with Gasteiger partial charge in [-0.15, -0.1) is 0 Å². The molecule has 3 N–H and O–H groups in total. The fourth-order valence-electron chi connectivity index (χ4n) is 2.44. The summed E-state index contributed by atoms with van der Waals surface area (Å²) in [7, 11) is 0. The van der Waals surface area contributed by atoms with Crippen LogP contribution in [0.2, 0.25) is 0 Å². The van der Waals surface area contributed by atoms with Crippen molar-refractivity contribution in [2.45, 2.75) is 12.6 Å². The van der Waals surface area contributed by atoms with Crippen LogP contribution in [0.5, 0.6) is 0 Å². The van der Waals surface area contributed by atoms with Crippen LogP contribution in [-0.4, -0.2) is 12.6 Å². The monoisotopic (exact) mass is 321 g/mol. The van der Waals surface area contributed by atoms with Gasteiger partial charge < -0.3 is 16.0 Å². The van der Waals surface area contributed by atoms with Crippen LogP contribution in [0.4, 0.5) is 35.0 Å². The number of carbonyl (C=O) groups is 1. The first-order chi connectivity index (χ1) is 10.9. The van der Waals surface area contributed by atoms with Gasteiger partial charge in [0.2, 0.25) is 0 Å². The predicted octanol–water partition coefficient (Wildman–Crippen LogP) is 4.32. The summed E-state index contributed by atoms with van der Waals surface area (Å²) in [5.41, 5.74) is 1.98. The number of carbonyl (C=O) groups excluding carboxylic acids is 1. The minimum Gasteiger partial charge on any atom is -0.384 e. The Morgan fingerprint density at radius 2 is 1.78 bits per heavy atom. The molecule has 2 aromatic carbocycles. The molecule has 4 nitrogen and oxygen atoms in total. The van der Waals surface area contributed by atoms with Crippen molar-refractivity contribution >= 4 is 23.1 Å². The minimum absolute atomic E-state index is 0.0802. The second kappa shape index (κ2) is 5.83. The van der Waals surface area contributed by atoms with E-state index in [2.05, 4.69) is 16.0 Å². The van der Waals surface area contributed by atoms with Gasteiger partial charge in [0.15, 0.2) is 0 Å². The molecule has 2 amide bonds. The Balaban J connectivity index is 1.68. The van der Waals surface area contributed by atoms with Gasteiger partial charge >= 0.3 is 12.2 Å². The van der Waals surface area contributed by atoms with Gasteiger partial charge in [-0.25, -0.2) is 4.79 Å². The molecule has 0 spiro atoms. The van der Waals surface area contributed by atoms with Crippen LogP contribution in [0, 0.1) is 0 Å². The topological polar surface area (TPSA) is 53.2 Å². The second-order valence-corrected chi connectivity index (χ2v) is 5.21. The SMILES string of the molecule is O=C(Nc1cccc(C(F)(F)F)c1)Nc1ccc2c(c1)NCC2. The lowest BCUT2D eigenvalue weighted by molar-refractivity contribution is -0.137. The average molecular weight is 321 g/mol. The zero-order valence-electron chi connectivity index (χ0n) is 12.0. The molecule has 0 aromatic heterocycles. The van der Waals surface area contributed by atoms with Gasteiger partial charge in [0.25, 0.3) is 0 Å². The number of halogens is 3. The van der Waals surface area contributed by atoms with Crippen LogP contribution in [0.1, 0.15) is 11.1 Å². The lowest BCUT2D eigenvalue weighted by Gasteiger charge is -2.11. The quantitative estimate of drug-likeness (QED) is 0.772. The number of nitrogens with one attached hydrogen (secondary N) is 3. The first-order valence-corrected chi connectivity index (χ1v) is 7.04. The van der Waals surface area contributed by atoms with Crippen LogP contribution >= 0.6 is 0 Å². The van der Waals surface area contributed by atoms with E-state index in [0.717, 1.165) is 30.8 Å². The minimum atomic E-state index is -4.44. The summed E-state index contributed by atoms with van der Waals surface area (Å²) < 4.78 is 37.9. The van der Waals surface area contributed by atoms with E-state index in [0.29, 0.717) is 5.69 Å². The number of amides is 2. The highest BCUT2D eigenvalue weighted by Gasteiger charge is 2.30. The molecule has 7 heteroatoms. The van der Waals surface area contributed by atoms with E-state index in [4.69, 9.17) is 0 Å². The zero-order chi connectivity index (χ0) is 16.4. The number of anilines is 3. The maximum Gasteiger partial charge on any atom is 0.416 e. The molecule has 23 heavy (non-hydrogen) atoms. The lowest BCUT2D eigenvalue weighted by Crippen LogP contribution is -2.19. The number of hydrogen-bond donors (Lipinski definition) is 3. The molecule has 0 saturated heterocycles. The maximum atomic E-state index is 12.6. The summed E-state index contributed by atoms with van der Waals surface area (Å²) in [5, 5.41) is 8.20. The van der Waals surface area contributed by atoms with Gasteiger partial charge in [0, 0.05) is 23.6 Å². The van der Waals surface area contributed by atoms with Crippen molar-refractivity contribution in [3.05, 3.63) is 53.6 Å². The summed E-state index contributed by atoms with van der Waals surface area (Å²) >= 11 is 0. The van der Waals surface area contributed by atoms with E-state index in [1.165, 1.54) is 17.7 Å². The molecule has 2 aromatic rings. The van der Waals surface area contributed by atoms with Crippen molar-refractivity contribution in [2.75, 3.05) is 22.5 Å². The third-order valence-corrected chi connectivity index (χ3v) is 3.53. The van der Waals surface area contributed by atoms with Gasteiger partial charge in [-0.1, -0.05) is 12.1 Å². The summed E-state index contributed by atoms with van der Waals surface area (Å²) in [5.74, 6) is 0. The smallest absolute Gasteiger partial charge is 0.384 e. The number of hydrogen-bond acceptors (Lipinski definition) is 2. The maximum absolute atomic E-state index is 12.6. The van der Waals surface area contributed by atoms with Crippen molar-refractivity contribution in [1.82, 2.24) is 0 Å². The van der Waals surface area contributed by atoms with E-state index in [1.807, 2.05) is 6.07 Å². The fraction of sp³-hybridized carbons (Fsp3) is 0.188. The Morgan fingerprint density at radius 1 is 1.04 bits per heavy atom. The molecule has 0 saturated carbocycles. The molecule has 3 rings (SSSR count). The summed E-state index contributed by atoms with van der Waals surface area (Å²) in [6, 6.07) is 9.37. The third kappa shape index (κ3) is 3.56. The molecule has 120 valence electrons. The molecule has 1 heterocycles. The van der Waals surface area contributed by atoms with Crippen LogP contribution in [0.15, 0.2) is 42.5 Å². The Morgan fingerprint density at radius 3 is 2.52 bits per heavy atom. The lowest BCUT2D eigenvalue weighted by atomic mass is 10.1. The number of fused-ring (bicyclic) bond motifs is 1. The first-order valence-electron chi connectivity index (χ1n) is 7.04. The Labute approximate surface area is 130 Å². The van der Waals surface area contributed by atoms with Crippen LogP contribution in [0.3, 0.4) is 0 Å². The van der Waals surface area contributed by atoms with Crippen LogP contribution in [0.25, 0.3) is 0 Å². The van der Waals surface area contributed by atoms with Gasteiger partial charge in [0.05, 0.1) is 5.56 Å². The highest BCUT2D eigenvalue weighted by Crippen LogP contribution is 2.30. The Kier molecular flexibility index (Phi) is 3.85. The molecular weight excluding hydrogens is 307 g/mol. The van der Waals surface area contributed by atoms with E-state index in [-0.39, 0.29) is 5.69 Å².